The number of hydrogen-bond donors (Lipinski definition) is 0. The quantitative estimate of drug-likeness (QED) is 0.428. The van der Waals surface area contributed by atoms with Crippen LogP contribution in [0.3, 0.4) is 0 Å². The Morgan fingerprint density at radius 3 is 2.87 bits per heavy atom. The Morgan fingerprint density at radius 2 is 2.33 bits per heavy atom. The van der Waals surface area contributed by atoms with Gasteiger partial charge in [0, 0.05) is 18.3 Å². The third-order valence-corrected chi connectivity index (χ3v) is 1.69. The summed E-state index contributed by atoms with van der Waals surface area (Å²) >= 11 is 0. The zero-order valence-electron chi connectivity index (χ0n) is 8.21. The van der Waals surface area contributed by atoms with Crippen molar-refractivity contribution in [2.75, 3.05) is 11.6 Å². The van der Waals surface area contributed by atoms with Crippen molar-refractivity contribution in [2.24, 2.45) is 0 Å². The minimum Gasteiger partial charge on any atom is -0.757 e. The van der Waals surface area contributed by atoms with Crippen molar-refractivity contribution in [3.63, 3.8) is 0 Å². The predicted octanol–water partition coefficient (Wildman–Crippen LogP) is 1.79. The zero-order valence-corrected chi connectivity index (χ0v) is 8.21. The Hall–Kier alpha value is -1.95. The van der Waals surface area contributed by atoms with Crippen LogP contribution >= 0.6 is 0 Å². The lowest BCUT2D eigenvalue weighted by atomic mass is 10.3. The molecule has 0 aliphatic rings. The molecule has 0 unspecified atom stereocenters. The van der Waals surface area contributed by atoms with E-state index in [2.05, 4.69) is 11.6 Å². The molecule has 1 rings (SSSR count). The molecular weight excluding hydrogens is 198 g/mol. The van der Waals surface area contributed by atoms with E-state index < -0.39 is 4.92 Å². The highest BCUT2D eigenvalue weighted by Crippen LogP contribution is 2.19. The number of hydroxylamine groups is 1. The lowest BCUT2D eigenvalue weighted by Crippen LogP contribution is -2.16. The monoisotopic (exact) mass is 208 g/mol. The van der Waals surface area contributed by atoms with E-state index in [4.69, 9.17) is 0 Å². The maximum absolute atomic E-state index is 11.3. The highest BCUT2D eigenvalue weighted by Gasteiger charge is 2.09. The van der Waals surface area contributed by atoms with E-state index in [-0.39, 0.29) is 18.1 Å². The van der Waals surface area contributed by atoms with Crippen LogP contribution in [0.4, 0.5) is 11.5 Å². The second kappa shape index (κ2) is 4.52. The first-order chi connectivity index (χ1) is 7.04. The van der Waals surface area contributed by atoms with Crippen molar-refractivity contribution in [3.05, 3.63) is 45.8 Å². The smallest absolute Gasteiger partial charge is 0.274 e. The van der Waals surface area contributed by atoms with E-state index in [9.17, 15) is 15.3 Å². The highest BCUT2D eigenvalue weighted by molar-refractivity contribution is 5.49. The van der Waals surface area contributed by atoms with Crippen LogP contribution in [0.15, 0.2) is 24.8 Å². The number of pyridine rings is 1. The SMILES string of the molecule is C=CCN([O-])c1cc([N+](=O)[O-])cc(C)n1. The van der Waals surface area contributed by atoms with Gasteiger partial charge in [-0.2, -0.15) is 0 Å². The molecule has 0 atom stereocenters. The van der Waals surface area contributed by atoms with Gasteiger partial charge in [-0.25, -0.2) is 4.98 Å². The molecule has 0 bridgehead atoms. The third-order valence-electron chi connectivity index (χ3n) is 1.69. The van der Waals surface area contributed by atoms with Crippen LogP contribution in [-0.2, 0) is 0 Å². The van der Waals surface area contributed by atoms with Gasteiger partial charge in [0.2, 0.25) is 0 Å². The first-order valence-corrected chi connectivity index (χ1v) is 4.23. The number of nitro groups is 1. The van der Waals surface area contributed by atoms with E-state index in [1.807, 2.05) is 0 Å². The Morgan fingerprint density at radius 1 is 1.67 bits per heavy atom. The molecule has 15 heavy (non-hydrogen) atoms. The second-order valence-electron chi connectivity index (χ2n) is 2.93. The Labute approximate surface area is 86.6 Å². The van der Waals surface area contributed by atoms with Crippen molar-refractivity contribution >= 4 is 11.5 Å². The Balaban J connectivity index is 3.08. The predicted molar refractivity (Wildman–Crippen MR) is 56.5 cm³/mol. The van der Waals surface area contributed by atoms with Crippen LogP contribution < -0.4 is 5.06 Å². The fourth-order valence-electron chi connectivity index (χ4n) is 1.08. The average Bonchev–Trinajstić information content (AvgIpc) is 2.17. The molecule has 1 aromatic heterocycles. The van der Waals surface area contributed by atoms with Crippen molar-refractivity contribution in [1.29, 1.82) is 0 Å². The summed E-state index contributed by atoms with van der Waals surface area (Å²) in [5.74, 6) is 0.0293. The molecule has 0 amide bonds. The minimum absolute atomic E-state index is 0.0293. The normalized spacial score (nSPS) is 9.73. The van der Waals surface area contributed by atoms with Gasteiger partial charge in [0.05, 0.1) is 11.0 Å². The molecule has 1 heterocycles. The largest absolute Gasteiger partial charge is 0.757 e. The van der Waals surface area contributed by atoms with Gasteiger partial charge in [-0.3, -0.25) is 10.1 Å². The lowest BCUT2D eigenvalue weighted by Gasteiger charge is -2.27. The second-order valence-corrected chi connectivity index (χ2v) is 2.93. The molecule has 0 aliphatic carbocycles. The number of rotatable bonds is 4. The van der Waals surface area contributed by atoms with Gasteiger partial charge in [0.25, 0.3) is 5.69 Å². The van der Waals surface area contributed by atoms with E-state index in [0.29, 0.717) is 10.8 Å². The summed E-state index contributed by atoms with van der Waals surface area (Å²) in [6, 6.07) is 2.45. The van der Waals surface area contributed by atoms with Gasteiger partial charge in [0.15, 0.2) is 0 Å². The molecule has 0 aromatic carbocycles. The maximum Gasteiger partial charge on any atom is 0.274 e. The van der Waals surface area contributed by atoms with E-state index >= 15 is 0 Å². The number of aryl methyl sites for hydroxylation is 1. The first kappa shape index (κ1) is 11.1. The summed E-state index contributed by atoms with van der Waals surface area (Å²) in [6.45, 7) is 5.05. The summed E-state index contributed by atoms with van der Waals surface area (Å²) in [4.78, 5) is 13.9. The Bertz CT molecular complexity index is 392. The third kappa shape index (κ3) is 2.75. The summed E-state index contributed by atoms with van der Waals surface area (Å²) in [7, 11) is 0. The van der Waals surface area contributed by atoms with Crippen molar-refractivity contribution in [2.45, 2.75) is 6.92 Å². The fraction of sp³-hybridized carbons (Fsp3) is 0.222. The highest BCUT2D eigenvalue weighted by atomic mass is 16.6. The number of nitrogens with zero attached hydrogens (tertiary/aromatic N) is 3. The Kier molecular flexibility index (Phi) is 3.35. The molecule has 0 saturated carbocycles. The number of anilines is 1. The molecular formula is C9H10N3O3-. The lowest BCUT2D eigenvalue weighted by molar-refractivity contribution is -0.384. The average molecular weight is 208 g/mol. The van der Waals surface area contributed by atoms with Gasteiger partial charge >= 0.3 is 0 Å². The molecule has 6 heteroatoms. The molecule has 0 spiro atoms. The van der Waals surface area contributed by atoms with Gasteiger partial charge < -0.3 is 10.3 Å². The standard InChI is InChI=1S/C9H10N3O3/c1-3-4-11(13)9-6-8(12(14)15)5-7(2)10-9/h3,5-6H,1,4H2,2H3/q-1. The summed E-state index contributed by atoms with van der Waals surface area (Å²) in [5, 5.41) is 22.4. The van der Waals surface area contributed by atoms with Crippen LogP contribution in [0, 0.1) is 22.2 Å². The first-order valence-electron chi connectivity index (χ1n) is 4.23. The van der Waals surface area contributed by atoms with Gasteiger partial charge in [-0.05, 0) is 6.92 Å². The van der Waals surface area contributed by atoms with Crippen molar-refractivity contribution in [1.82, 2.24) is 4.98 Å². The van der Waals surface area contributed by atoms with Crippen LogP contribution in [0.5, 0.6) is 0 Å². The summed E-state index contributed by atoms with van der Waals surface area (Å²) in [5.41, 5.74) is 0.298. The topological polar surface area (TPSA) is 82.3 Å². The van der Waals surface area contributed by atoms with Gasteiger partial charge in [-0.1, -0.05) is 6.08 Å². The molecule has 0 saturated heterocycles. The molecule has 0 fully saturated rings. The zero-order chi connectivity index (χ0) is 11.4. The maximum atomic E-state index is 11.3. The van der Waals surface area contributed by atoms with Gasteiger partial charge in [-0.15, -0.1) is 6.58 Å². The van der Waals surface area contributed by atoms with Gasteiger partial charge in [0.1, 0.15) is 5.82 Å². The molecule has 0 radical (unpaired) electrons. The van der Waals surface area contributed by atoms with E-state index in [1.165, 1.54) is 12.1 Å². The van der Waals surface area contributed by atoms with E-state index in [0.717, 1.165) is 6.07 Å². The molecule has 80 valence electrons. The minimum atomic E-state index is -0.556. The summed E-state index contributed by atoms with van der Waals surface area (Å²) in [6.07, 6.45) is 1.41. The van der Waals surface area contributed by atoms with Crippen LogP contribution in [-0.4, -0.2) is 16.5 Å². The number of aromatic nitrogens is 1. The van der Waals surface area contributed by atoms with Crippen LogP contribution in [0.2, 0.25) is 0 Å². The van der Waals surface area contributed by atoms with Crippen molar-refractivity contribution < 1.29 is 4.92 Å². The number of hydrogen-bond acceptors (Lipinski definition) is 5. The van der Waals surface area contributed by atoms with Crippen LogP contribution in [0.1, 0.15) is 5.69 Å². The fourth-order valence-corrected chi connectivity index (χ4v) is 1.08. The van der Waals surface area contributed by atoms with Crippen LogP contribution in [0.25, 0.3) is 0 Å². The molecule has 0 aliphatic heterocycles. The van der Waals surface area contributed by atoms with E-state index in [1.54, 1.807) is 6.92 Å². The van der Waals surface area contributed by atoms with Crippen molar-refractivity contribution in [3.8, 4) is 0 Å². The molecule has 0 N–H and O–H groups in total. The molecule has 6 nitrogen and oxygen atoms in total. The molecule has 1 aromatic rings. The summed E-state index contributed by atoms with van der Waals surface area (Å²) < 4.78 is 0.